The lowest BCUT2D eigenvalue weighted by Gasteiger charge is -2.34. The highest BCUT2D eigenvalue weighted by atomic mass is 32.2. The van der Waals surface area contributed by atoms with Crippen LogP contribution in [0.25, 0.3) is 0 Å². The maximum Gasteiger partial charge on any atom is 0.0945 e. The van der Waals surface area contributed by atoms with Crippen molar-refractivity contribution in [3.05, 3.63) is 0 Å². The molecular weight excluding hydrogens is 358 g/mol. The monoisotopic (exact) mass is 407 g/mol. The molecule has 0 spiro atoms. The molecule has 166 valence electrons. The van der Waals surface area contributed by atoms with E-state index in [0.29, 0.717) is 6.42 Å². The number of quaternary nitrogens is 1. The summed E-state index contributed by atoms with van der Waals surface area (Å²) in [5.74, 6) is -0.190. The van der Waals surface area contributed by atoms with Gasteiger partial charge in [-0.3, -0.25) is 0 Å². The van der Waals surface area contributed by atoms with Gasteiger partial charge in [0.15, 0.2) is 0 Å². The van der Waals surface area contributed by atoms with E-state index in [0.717, 1.165) is 12.8 Å². The maximum atomic E-state index is 10.4. The molecular formula is C22H49NO3S. The van der Waals surface area contributed by atoms with Gasteiger partial charge in [0.25, 0.3) is 0 Å². The van der Waals surface area contributed by atoms with Gasteiger partial charge in [-0.25, -0.2) is 8.42 Å². The van der Waals surface area contributed by atoms with E-state index in [-0.39, 0.29) is 5.75 Å². The molecule has 0 aromatic heterocycles. The zero-order valence-electron chi connectivity index (χ0n) is 19.1. The van der Waals surface area contributed by atoms with Gasteiger partial charge in [0, 0.05) is 5.75 Å². The van der Waals surface area contributed by atoms with Crippen LogP contribution in [-0.4, -0.2) is 49.4 Å². The summed E-state index contributed by atoms with van der Waals surface area (Å²) in [6.45, 7) is 16.5. The van der Waals surface area contributed by atoms with Crippen molar-refractivity contribution < 1.29 is 17.5 Å². The van der Waals surface area contributed by atoms with Gasteiger partial charge in [0.1, 0.15) is 0 Å². The average molecular weight is 408 g/mol. The number of rotatable bonds is 17. The zero-order chi connectivity index (χ0) is 21.0. The van der Waals surface area contributed by atoms with Crippen LogP contribution in [0, 0.1) is 0 Å². The molecule has 0 bridgehead atoms. The predicted octanol–water partition coefficient (Wildman–Crippen LogP) is 6.12. The fraction of sp³-hybridized carbons (Fsp3) is 1.00. The summed E-state index contributed by atoms with van der Waals surface area (Å²) in [7, 11) is -3.99. The van der Waals surface area contributed by atoms with E-state index in [1.807, 2.05) is 0 Å². The summed E-state index contributed by atoms with van der Waals surface area (Å²) >= 11 is 0. The van der Waals surface area contributed by atoms with Gasteiger partial charge in [-0.2, -0.15) is 0 Å². The summed E-state index contributed by atoms with van der Waals surface area (Å²) in [6.07, 6.45) is 14.3. The highest BCUT2D eigenvalue weighted by Crippen LogP contribution is 2.12. The molecule has 0 aromatic carbocycles. The van der Waals surface area contributed by atoms with Crippen LogP contribution >= 0.6 is 0 Å². The van der Waals surface area contributed by atoms with Crippen molar-refractivity contribution in [3.63, 3.8) is 0 Å². The van der Waals surface area contributed by atoms with Crippen LogP contribution in [0.4, 0.5) is 0 Å². The van der Waals surface area contributed by atoms with Gasteiger partial charge in [0.2, 0.25) is 0 Å². The predicted molar refractivity (Wildman–Crippen MR) is 118 cm³/mol. The second kappa shape index (κ2) is 19.2. The molecule has 0 aromatic rings. The van der Waals surface area contributed by atoms with Crippen LogP contribution in [0.1, 0.15) is 112 Å². The number of nitrogens with zero attached hydrogens (tertiary/aromatic N) is 1. The Balaban J connectivity index is 0. The summed E-state index contributed by atoms with van der Waals surface area (Å²) < 4.78 is 32.4. The largest absolute Gasteiger partial charge is 0.748 e. The van der Waals surface area contributed by atoms with Crippen molar-refractivity contribution in [2.24, 2.45) is 0 Å². The van der Waals surface area contributed by atoms with E-state index >= 15 is 0 Å². The smallest absolute Gasteiger partial charge is 0.0945 e. The third kappa shape index (κ3) is 20.4. The Kier molecular flexibility index (Phi) is 20.7. The van der Waals surface area contributed by atoms with E-state index in [1.165, 1.54) is 88.4 Å². The minimum Gasteiger partial charge on any atom is -0.748 e. The molecule has 0 saturated heterocycles. The van der Waals surface area contributed by atoms with Crippen molar-refractivity contribution in [1.29, 1.82) is 0 Å². The first kappa shape index (κ1) is 29.1. The van der Waals surface area contributed by atoms with Gasteiger partial charge in [0.05, 0.1) is 36.3 Å². The number of hydrogen-bond acceptors (Lipinski definition) is 3. The topological polar surface area (TPSA) is 57.2 Å². The normalized spacial score (nSPS) is 11.9. The van der Waals surface area contributed by atoms with Crippen LogP contribution in [0.2, 0.25) is 0 Å². The fourth-order valence-electron chi connectivity index (χ4n) is 3.46. The van der Waals surface area contributed by atoms with E-state index in [2.05, 4.69) is 34.6 Å². The van der Waals surface area contributed by atoms with Gasteiger partial charge >= 0.3 is 0 Å². The van der Waals surface area contributed by atoms with E-state index in [1.54, 1.807) is 0 Å². The summed E-state index contributed by atoms with van der Waals surface area (Å²) in [5, 5.41) is 0. The first-order chi connectivity index (χ1) is 12.8. The Bertz CT molecular complexity index is 375. The molecule has 0 unspecified atom stereocenters. The Morgan fingerprint density at radius 2 is 0.852 bits per heavy atom. The fourth-order valence-corrected chi connectivity index (χ4v) is 4.02. The summed E-state index contributed by atoms with van der Waals surface area (Å²) in [6, 6.07) is 0. The third-order valence-corrected chi connectivity index (χ3v) is 6.72. The SMILES string of the molecule is CCCCCCCCCCCCCCS(=O)(=O)[O-].CC[N+](CC)(CC)CC. The molecule has 0 fully saturated rings. The molecule has 0 amide bonds. The molecule has 0 N–H and O–H groups in total. The van der Waals surface area contributed by atoms with E-state index in [9.17, 15) is 13.0 Å². The van der Waals surface area contributed by atoms with Crippen molar-refractivity contribution in [1.82, 2.24) is 0 Å². The minimum absolute atomic E-state index is 0.190. The lowest BCUT2D eigenvalue weighted by Crippen LogP contribution is -2.47. The van der Waals surface area contributed by atoms with Gasteiger partial charge < -0.3 is 9.04 Å². The zero-order valence-corrected chi connectivity index (χ0v) is 19.9. The minimum atomic E-state index is -3.99. The molecule has 0 aliphatic rings. The molecule has 0 heterocycles. The van der Waals surface area contributed by atoms with Crippen LogP contribution in [-0.2, 0) is 10.1 Å². The van der Waals surface area contributed by atoms with Crippen molar-refractivity contribution in [2.45, 2.75) is 112 Å². The Hall–Kier alpha value is -0.130. The molecule has 5 heteroatoms. The van der Waals surface area contributed by atoms with Crippen LogP contribution in [0.3, 0.4) is 0 Å². The molecule has 27 heavy (non-hydrogen) atoms. The van der Waals surface area contributed by atoms with Crippen molar-refractivity contribution >= 4 is 10.1 Å². The number of hydrogen-bond donors (Lipinski definition) is 0. The molecule has 0 saturated carbocycles. The molecule has 0 aliphatic heterocycles. The van der Waals surface area contributed by atoms with E-state index in [4.69, 9.17) is 0 Å². The highest BCUT2D eigenvalue weighted by Gasteiger charge is 2.16. The standard InChI is InChI=1S/C14H30O3S.C8H20N/c1-2-3-4-5-6-7-8-9-10-11-12-13-14-18(15,16)17;1-5-9(6-2,7-3)8-4/h2-14H2,1H3,(H,15,16,17);5-8H2,1-4H3/q;+1/p-1. The van der Waals surface area contributed by atoms with Crippen LogP contribution in [0.5, 0.6) is 0 Å². The lowest BCUT2D eigenvalue weighted by atomic mass is 10.1. The molecule has 4 nitrogen and oxygen atoms in total. The summed E-state index contributed by atoms with van der Waals surface area (Å²) in [5.41, 5.74) is 0. The Labute approximate surface area is 171 Å². The second-order valence-electron chi connectivity index (χ2n) is 7.76. The average Bonchev–Trinajstić information content (AvgIpc) is 2.65. The maximum absolute atomic E-state index is 10.4. The Morgan fingerprint density at radius 1 is 0.556 bits per heavy atom. The molecule has 0 rings (SSSR count). The van der Waals surface area contributed by atoms with Gasteiger partial charge in [-0.1, -0.05) is 77.6 Å². The second-order valence-corrected chi connectivity index (χ2v) is 9.28. The molecule has 0 aliphatic carbocycles. The van der Waals surface area contributed by atoms with E-state index < -0.39 is 10.1 Å². The van der Waals surface area contributed by atoms with Crippen molar-refractivity contribution in [2.75, 3.05) is 31.9 Å². The van der Waals surface area contributed by atoms with Crippen LogP contribution in [0.15, 0.2) is 0 Å². The highest BCUT2D eigenvalue weighted by molar-refractivity contribution is 7.85. The first-order valence-corrected chi connectivity index (χ1v) is 13.2. The molecule has 0 atom stereocenters. The quantitative estimate of drug-likeness (QED) is 0.166. The van der Waals surface area contributed by atoms with Gasteiger partial charge in [-0.15, -0.1) is 0 Å². The lowest BCUT2D eigenvalue weighted by molar-refractivity contribution is -0.921. The molecule has 0 radical (unpaired) electrons. The third-order valence-electron chi connectivity index (χ3n) is 5.93. The van der Waals surface area contributed by atoms with Crippen LogP contribution < -0.4 is 0 Å². The summed E-state index contributed by atoms with van der Waals surface area (Å²) in [4.78, 5) is 0. The Morgan fingerprint density at radius 3 is 1.07 bits per heavy atom. The number of unbranched alkanes of at least 4 members (excludes halogenated alkanes) is 11. The first-order valence-electron chi connectivity index (χ1n) is 11.6. The van der Waals surface area contributed by atoms with Crippen molar-refractivity contribution in [3.8, 4) is 0 Å². The van der Waals surface area contributed by atoms with Gasteiger partial charge in [-0.05, 0) is 34.1 Å².